The fourth-order valence-electron chi connectivity index (χ4n) is 4.11. The number of hydrogen-bond donors (Lipinski definition) is 3. The number of rotatable bonds is 5. The van der Waals surface area contributed by atoms with Gasteiger partial charge in [-0.2, -0.15) is 0 Å². The zero-order valence-electron chi connectivity index (χ0n) is 18.1. The van der Waals surface area contributed by atoms with E-state index in [1.54, 1.807) is 51.5 Å². The van der Waals surface area contributed by atoms with E-state index in [1.165, 1.54) is 4.57 Å². The first-order valence-electron chi connectivity index (χ1n) is 10.6. The number of aromatic amines is 1. The first-order valence-corrected chi connectivity index (χ1v) is 12.2. The zero-order chi connectivity index (χ0) is 22.3. The number of aliphatic hydroxyl groups excluding tert-OH is 1. The van der Waals surface area contributed by atoms with Crippen LogP contribution in [0.3, 0.4) is 0 Å². The third kappa shape index (κ3) is 4.02. The van der Waals surface area contributed by atoms with Gasteiger partial charge in [-0.25, -0.2) is 8.99 Å². The Morgan fingerprint density at radius 1 is 1.19 bits per heavy atom. The Morgan fingerprint density at radius 2 is 1.90 bits per heavy atom. The second-order valence-electron chi connectivity index (χ2n) is 8.58. The molecule has 2 heterocycles. The van der Waals surface area contributed by atoms with Crippen LogP contribution in [-0.2, 0) is 16.8 Å². The topological polar surface area (TPSA) is 108 Å². The summed E-state index contributed by atoms with van der Waals surface area (Å²) in [6.07, 6.45) is 6.12. The third-order valence-electron chi connectivity index (χ3n) is 6.09. The van der Waals surface area contributed by atoms with Crippen LogP contribution in [0.25, 0.3) is 22.0 Å². The molecule has 0 radical (unpaired) electrons. The summed E-state index contributed by atoms with van der Waals surface area (Å²) in [6, 6.07) is 7.12. The average molecular weight is 444 g/mol. The van der Waals surface area contributed by atoms with Gasteiger partial charge in [-0.05, 0) is 63.8 Å². The molecule has 0 amide bonds. The summed E-state index contributed by atoms with van der Waals surface area (Å²) < 4.78 is 29.4. The molecule has 1 aromatic carbocycles. The Kier molecular flexibility index (Phi) is 5.70. The smallest absolute Gasteiger partial charge is 0.274 e. The molecule has 0 spiro atoms. The van der Waals surface area contributed by atoms with Crippen molar-refractivity contribution in [3.05, 3.63) is 47.0 Å². The molecule has 31 heavy (non-hydrogen) atoms. The van der Waals surface area contributed by atoms with Gasteiger partial charge in [0.1, 0.15) is 11.3 Å². The van der Waals surface area contributed by atoms with Crippen molar-refractivity contribution < 1.29 is 14.1 Å². The summed E-state index contributed by atoms with van der Waals surface area (Å²) in [5, 5.41) is 10.2. The number of pyridine rings is 1. The van der Waals surface area contributed by atoms with E-state index >= 15 is 0 Å². The monoisotopic (exact) mass is 443 g/mol. The maximum atomic E-state index is 13.1. The number of aliphatic hydroxyl groups is 1. The van der Waals surface area contributed by atoms with Crippen molar-refractivity contribution in [2.24, 2.45) is 7.05 Å². The Bertz CT molecular complexity index is 1270. The summed E-state index contributed by atoms with van der Waals surface area (Å²) in [7, 11) is -1.29. The molecular formula is C23H29N3O4S. The molecule has 1 aliphatic rings. The quantitative estimate of drug-likeness (QED) is 0.553. The van der Waals surface area contributed by atoms with E-state index in [1.807, 2.05) is 6.07 Å². The van der Waals surface area contributed by atoms with Gasteiger partial charge >= 0.3 is 0 Å². The molecular weight excluding hydrogens is 414 g/mol. The highest BCUT2D eigenvalue weighted by molar-refractivity contribution is 7.93. The van der Waals surface area contributed by atoms with Gasteiger partial charge in [0.15, 0.2) is 0 Å². The van der Waals surface area contributed by atoms with E-state index < -0.39 is 9.73 Å². The third-order valence-corrected chi connectivity index (χ3v) is 8.37. The summed E-state index contributed by atoms with van der Waals surface area (Å²) in [4.78, 5) is 16.0. The summed E-state index contributed by atoms with van der Waals surface area (Å²) in [5.74, 6) is 0.630. The number of ether oxygens (including phenoxy) is 1. The molecule has 0 saturated heterocycles. The normalized spacial score (nSPS) is 21.3. The highest BCUT2D eigenvalue weighted by atomic mass is 32.2. The second-order valence-corrected chi connectivity index (χ2v) is 11.2. The number of H-pyrrole nitrogens is 1. The fraction of sp³-hybridized carbons (Fsp3) is 0.435. The lowest BCUT2D eigenvalue weighted by Crippen LogP contribution is -2.26. The molecule has 166 valence electrons. The number of aromatic nitrogens is 2. The molecule has 2 aromatic heterocycles. The van der Waals surface area contributed by atoms with E-state index in [2.05, 4.69) is 4.98 Å². The first kappa shape index (κ1) is 21.6. The number of nitrogens with one attached hydrogen (secondary N) is 2. The molecule has 3 aromatic rings. The van der Waals surface area contributed by atoms with Crippen LogP contribution in [-0.4, -0.2) is 36.3 Å². The maximum absolute atomic E-state index is 13.1. The van der Waals surface area contributed by atoms with E-state index in [0.29, 0.717) is 34.6 Å². The van der Waals surface area contributed by atoms with E-state index in [4.69, 9.17) is 9.52 Å². The molecule has 1 saturated carbocycles. The van der Waals surface area contributed by atoms with Crippen LogP contribution in [0, 0.1) is 4.78 Å². The van der Waals surface area contributed by atoms with E-state index in [9.17, 15) is 14.1 Å². The first-order chi connectivity index (χ1) is 14.7. The molecule has 7 nitrogen and oxygen atoms in total. The molecule has 4 rings (SSSR count). The van der Waals surface area contributed by atoms with Crippen LogP contribution in [0.1, 0.15) is 39.5 Å². The molecule has 1 aliphatic carbocycles. The Balaban J connectivity index is 1.89. The SMILES string of the molecule is CC(C)S(=N)(=O)c1ccc(OC2CCC(O)CC2)c(-c2cn(C)c(=O)c3[nH]ccc23)c1. The van der Waals surface area contributed by atoms with Crippen LogP contribution >= 0.6 is 0 Å². The Labute approximate surface area is 182 Å². The summed E-state index contributed by atoms with van der Waals surface area (Å²) in [6.45, 7) is 3.56. The van der Waals surface area contributed by atoms with Gasteiger partial charge in [0, 0.05) is 46.1 Å². The number of hydrogen-bond acceptors (Lipinski definition) is 5. The van der Waals surface area contributed by atoms with Gasteiger partial charge in [-0.1, -0.05) is 0 Å². The van der Waals surface area contributed by atoms with Crippen LogP contribution < -0.4 is 10.3 Å². The Hall–Kier alpha value is -2.58. The molecule has 1 unspecified atom stereocenters. The van der Waals surface area contributed by atoms with E-state index in [0.717, 1.165) is 23.8 Å². The highest BCUT2D eigenvalue weighted by Gasteiger charge is 2.24. The zero-order valence-corrected chi connectivity index (χ0v) is 18.9. The number of benzene rings is 1. The fourth-order valence-corrected chi connectivity index (χ4v) is 5.22. The second kappa shape index (κ2) is 8.16. The van der Waals surface area contributed by atoms with Gasteiger partial charge in [-0.15, -0.1) is 0 Å². The summed E-state index contributed by atoms with van der Waals surface area (Å²) >= 11 is 0. The molecule has 0 aliphatic heterocycles. The van der Waals surface area contributed by atoms with Crippen molar-refractivity contribution in [2.75, 3.05) is 0 Å². The van der Waals surface area contributed by atoms with Crippen LogP contribution in [0.4, 0.5) is 0 Å². The highest BCUT2D eigenvalue weighted by Crippen LogP contribution is 2.38. The number of nitrogens with zero attached hydrogens (tertiary/aromatic N) is 1. The minimum atomic E-state index is -2.99. The van der Waals surface area contributed by atoms with Gasteiger partial charge < -0.3 is 19.4 Å². The lowest BCUT2D eigenvalue weighted by Gasteiger charge is -2.27. The minimum Gasteiger partial charge on any atom is -0.490 e. The summed E-state index contributed by atoms with van der Waals surface area (Å²) in [5.41, 5.74) is 1.86. The predicted octanol–water partition coefficient (Wildman–Crippen LogP) is 4.03. The minimum absolute atomic E-state index is 0.0206. The van der Waals surface area contributed by atoms with Crippen LogP contribution in [0.5, 0.6) is 5.75 Å². The maximum Gasteiger partial charge on any atom is 0.274 e. The number of aryl methyl sites for hydroxylation is 1. The van der Waals surface area contributed by atoms with Gasteiger partial charge in [0.05, 0.1) is 21.9 Å². The van der Waals surface area contributed by atoms with Crippen molar-refractivity contribution >= 4 is 20.6 Å². The van der Waals surface area contributed by atoms with Gasteiger partial charge in [-0.3, -0.25) is 4.79 Å². The average Bonchev–Trinajstić information content (AvgIpc) is 3.23. The number of fused-ring (bicyclic) bond motifs is 1. The molecule has 8 heteroatoms. The van der Waals surface area contributed by atoms with Crippen molar-refractivity contribution in [3.63, 3.8) is 0 Å². The molecule has 3 N–H and O–H groups in total. The van der Waals surface area contributed by atoms with Crippen LogP contribution in [0.15, 0.2) is 46.3 Å². The van der Waals surface area contributed by atoms with Crippen molar-refractivity contribution in [1.29, 1.82) is 4.78 Å². The molecule has 1 fully saturated rings. The predicted molar refractivity (Wildman–Crippen MR) is 122 cm³/mol. The van der Waals surface area contributed by atoms with Crippen molar-refractivity contribution in [3.8, 4) is 16.9 Å². The largest absolute Gasteiger partial charge is 0.490 e. The standard InChI is InChI=1S/C23H29N3O4S/c1-14(2)31(24,29)17-8-9-21(30-16-6-4-15(27)5-7-16)19(12-17)20-13-26(3)23(28)22-18(20)10-11-25-22/h8-16,24-25,27H,4-7H2,1-3H3. The lowest BCUT2D eigenvalue weighted by molar-refractivity contribution is 0.0668. The van der Waals surface area contributed by atoms with Crippen LogP contribution in [0.2, 0.25) is 0 Å². The van der Waals surface area contributed by atoms with E-state index in [-0.39, 0.29) is 23.0 Å². The lowest BCUT2D eigenvalue weighted by atomic mass is 9.95. The van der Waals surface area contributed by atoms with Crippen molar-refractivity contribution in [1.82, 2.24) is 9.55 Å². The van der Waals surface area contributed by atoms with Crippen molar-refractivity contribution in [2.45, 2.75) is 61.9 Å². The molecule has 0 bridgehead atoms. The molecule has 1 atom stereocenters. The van der Waals surface area contributed by atoms with Gasteiger partial charge in [0.2, 0.25) is 0 Å². The van der Waals surface area contributed by atoms with Gasteiger partial charge in [0.25, 0.3) is 5.56 Å². The Morgan fingerprint density at radius 3 is 2.58 bits per heavy atom.